The fourth-order valence-electron chi connectivity index (χ4n) is 2.70. The first kappa shape index (κ1) is 18.2. The Morgan fingerprint density at radius 2 is 1.41 bits per heavy atom. The molecule has 0 aliphatic rings. The third-order valence-electron chi connectivity index (χ3n) is 4.31. The minimum Gasteiger partial charge on any atom is -0.506 e. The van der Waals surface area contributed by atoms with Gasteiger partial charge in [0, 0.05) is 23.9 Å². The van der Waals surface area contributed by atoms with Gasteiger partial charge in [0.15, 0.2) is 5.78 Å². The zero-order valence-corrected chi connectivity index (χ0v) is 15.1. The summed E-state index contributed by atoms with van der Waals surface area (Å²) in [5.74, 6) is -0.427. The zero-order chi connectivity index (χ0) is 19.4. The summed E-state index contributed by atoms with van der Waals surface area (Å²) >= 11 is 0. The highest BCUT2D eigenvalue weighted by Gasteiger charge is 2.11. The minimum absolute atomic E-state index is 0.0149. The van der Waals surface area contributed by atoms with E-state index in [1.54, 1.807) is 36.4 Å². The summed E-state index contributed by atoms with van der Waals surface area (Å²) in [6.45, 7) is 1.47. The molecular weight excluding hydrogens is 340 g/mol. The molecule has 0 heterocycles. The highest BCUT2D eigenvalue weighted by molar-refractivity contribution is 6.05. The van der Waals surface area contributed by atoms with Gasteiger partial charge in [0.1, 0.15) is 5.75 Å². The number of benzene rings is 3. The highest BCUT2D eigenvalue weighted by atomic mass is 16.3. The molecule has 3 rings (SSSR count). The Bertz CT molecular complexity index is 977. The molecule has 0 unspecified atom stereocenters. The molecule has 0 aromatic heterocycles. The molecule has 3 N–H and O–H groups in total. The van der Waals surface area contributed by atoms with Crippen molar-refractivity contribution in [2.75, 3.05) is 17.7 Å². The Morgan fingerprint density at radius 3 is 1.96 bits per heavy atom. The lowest BCUT2D eigenvalue weighted by atomic mass is 10.0. The predicted octanol–water partition coefficient (Wildman–Crippen LogP) is 4.56. The van der Waals surface area contributed by atoms with E-state index in [-0.39, 0.29) is 17.4 Å². The van der Waals surface area contributed by atoms with E-state index in [0.717, 1.165) is 16.8 Å². The van der Waals surface area contributed by atoms with Crippen LogP contribution in [0.15, 0.2) is 66.7 Å². The number of hydrogen-bond acceptors (Lipinski definition) is 4. The number of carbonyl (C=O) groups excluding carboxylic acids is 2. The van der Waals surface area contributed by atoms with Crippen LogP contribution in [0.1, 0.15) is 27.6 Å². The zero-order valence-electron chi connectivity index (χ0n) is 15.1. The fourth-order valence-corrected chi connectivity index (χ4v) is 2.70. The predicted molar refractivity (Wildman–Crippen MR) is 107 cm³/mol. The van der Waals surface area contributed by atoms with E-state index in [2.05, 4.69) is 10.6 Å². The van der Waals surface area contributed by atoms with E-state index < -0.39 is 0 Å². The van der Waals surface area contributed by atoms with Crippen molar-refractivity contribution < 1.29 is 14.7 Å². The fraction of sp³-hybridized carbons (Fsp3) is 0.0909. The second kappa shape index (κ2) is 7.74. The number of aromatic hydroxyl groups is 1. The lowest BCUT2D eigenvalue weighted by molar-refractivity contribution is 0.100. The molecule has 0 saturated carbocycles. The van der Waals surface area contributed by atoms with Crippen LogP contribution in [0.2, 0.25) is 0 Å². The Labute approximate surface area is 157 Å². The molecule has 0 spiro atoms. The van der Waals surface area contributed by atoms with Crippen molar-refractivity contribution in [3.8, 4) is 16.9 Å². The van der Waals surface area contributed by atoms with E-state index in [9.17, 15) is 14.7 Å². The Kier molecular flexibility index (Phi) is 5.22. The van der Waals surface area contributed by atoms with Gasteiger partial charge in [0.2, 0.25) is 0 Å². The number of hydrogen-bond donors (Lipinski definition) is 3. The van der Waals surface area contributed by atoms with Crippen LogP contribution in [0, 0.1) is 0 Å². The standard InChI is InChI=1S/C22H20N2O3/c1-14(25)15-3-5-17(6-4-15)22(27)24-20-12-9-18(13-21(20)26)16-7-10-19(23-2)11-8-16/h3-13,23,26H,1-2H3,(H,24,27). The van der Waals surface area contributed by atoms with Gasteiger partial charge >= 0.3 is 0 Å². The molecule has 0 radical (unpaired) electrons. The lowest BCUT2D eigenvalue weighted by Gasteiger charge is -2.10. The molecular formula is C22H20N2O3. The Hall–Kier alpha value is -3.60. The normalized spacial score (nSPS) is 10.3. The van der Waals surface area contributed by atoms with Crippen LogP contribution in [-0.2, 0) is 0 Å². The maximum atomic E-state index is 12.4. The summed E-state index contributed by atoms with van der Waals surface area (Å²) in [5.41, 5.74) is 4.09. The molecule has 136 valence electrons. The molecule has 0 bridgehead atoms. The van der Waals surface area contributed by atoms with Crippen LogP contribution in [0.3, 0.4) is 0 Å². The van der Waals surface area contributed by atoms with E-state index >= 15 is 0 Å². The van der Waals surface area contributed by atoms with Crippen LogP contribution in [0.5, 0.6) is 5.75 Å². The number of carbonyl (C=O) groups is 2. The monoisotopic (exact) mass is 360 g/mol. The average Bonchev–Trinajstić information content (AvgIpc) is 2.69. The van der Waals surface area contributed by atoms with Crippen molar-refractivity contribution >= 4 is 23.1 Å². The smallest absolute Gasteiger partial charge is 0.255 e. The second-order valence-electron chi connectivity index (χ2n) is 6.15. The van der Waals surface area contributed by atoms with Crippen LogP contribution < -0.4 is 10.6 Å². The van der Waals surface area contributed by atoms with Gasteiger partial charge in [0.25, 0.3) is 5.91 Å². The number of ketones is 1. The maximum Gasteiger partial charge on any atom is 0.255 e. The summed E-state index contributed by atoms with van der Waals surface area (Å²) in [7, 11) is 1.85. The van der Waals surface area contributed by atoms with Crippen molar-refractivity contribution in [1.82, 2.24) is 0 Å². The molecule has 3 aromatic carbocycles. The molecule has 0 fully saturated rings. The highest BCUT2D eigenvalue weighted by Crippen LogP contribution is 2.30. The summed E-state index contributed by atoms with van der Waals surface area (Å²) < 4.78 is 0. The number of anilines is 2. The van der Waals surface area contributed by atoms with Crippen molar-refractivity contribution in [1.29, 1.82) is 0 Å². The van der Waals surface area contributed by atoms with Crippen molar-refractivity contribution in [2.24, 2.45) is 0 Å². The molecule has 27 heavy (non-hydrogen) atoms. The van der Waals surface area contributed by atoms with E-state index in [1.807, 2.05) is 37.4 Å². The molecule has 5 nitrogen and oxygen atoms in total. The van der Waals surface area contributed by atoms with Crippen LogP contribution in [0.25, 0.3) is 11.1 Å². The van der Waals surface area contributed by atoms with Gasteiger partial charge in [-0.15, -0.1) is 0 Å². The number of phenolic OH excluding ortho intramolecular Hbond substituents is 1. The first-order valence-electron chi connectivity index (χ1n) is 8.51. The summed E-state index contributed by atoms with van der Waals surface area (Å²) in [6.07, 6.45) is 0. The minimum atomic E-state index is -0.355. The number of nitrogens with one attached hydrogen (secondary N) is 2. The first-order chi connectivity index (χ1) is 13.0. The van der Waals surface area contributed by atoms with E-state index in [1.165, 1.54) is 6.92 Å². The van der Waals surface area contributed by atoms with Gasteiger partial charge < -0.3 is 15.7 Å². The molecule has 3 aromatic rings. The number of amides is 1. The largest absolute Gasteiger partial charge is 0.506 e. The van der Waals surface area contributed by atoms with Gasteiger partial charge in [-0.2, -0.15) is 0 Å². The number of rotatable bonds is 5. The maximum absolute atomic E-state index is 12.4. The van der Waals surface area contributed by atoms with Gasteiger partial charge in [-0.25, -0.2) is 0 Å². The SMILES string of the molecule is CNc1ccc(-c2ccc(NC(=O)c3ccc(C(C)=O)cc3)c(O)c2)cc1. The average molecular weight is 360 g/mol. The van der Waals surface area contributed by atoms with Crippen molar-refractivity contribution in [3.05, 3.63) is 77.9 Å². The summed E-state index contributed by atoms with van der Waals surface area (Å²) in [5, 5.41) is 16.0. The Balaban J connectivity index is 1.77. The van der Waals surface area contributed by atoms with Gasteiger partial charge in [-0.1, -0.05) is 30.3 Å². The third-order valence-corrected chi connectivity index (χ3v) is 4.31. The second-order valence-corrected chi connectivity index (χ2v) is 6.15. The lowest BCUT2D eigenvalue weighted by Crippen LogP contribution is -2.12. The van der Waals surface area contributed by atoms with Crippen LogP contribution in [0.4, 0.5) is 11.4 Å². The third kappa shape index (κ3) is 4.15. The molecule has 0 saturated heterocycles. The topological polar surface area (TPSA) is 78.4 Å². The van der Waals surface area contributed by atoms with Gasteiger partial charge in [-0.05, 0) is 54.4 Å². The number of phenols is 1. The molecule has 0 atom stereocenters. The van der Waals surface area contributed by atoms with Gasteiger partial charge in [0.05, 0.1) is 5.69 Å². The summed E-state index contributed by atoms with van der Waals surface area (Å²) in [4.78, 5) is 23.7. The van der Waals surface area contributed by atoms with Crippen molar-refractivity contribution in [2.45, 2.75) is 6.92 Å². The molecule has 0 aliphatic carbocycles. The van der Waals surface area contributed by atoms with Crippen LogP contribution in [-0.4, -0.2) is 23.8 Å². The number of Topliss-reactive ketones (excluding diaryl/α,β-unsaturated/α-hetero) is 1. The van der Waals surface area contributed by atoms with Crippen LogP contribution >= 0.6 is 0 Å². The first-order valence-corrected chi connectivity index (χ1v) is 8.51. The van der Waals surface area contributed by atoms with Crippen molar-refractivity contribution in [3.63, 3.8) is 0 Å². The molecule has 5 heteroatoms. The van der Waals surface area contributed by atoms with E-state index in [0.29, 0.717) is 16.8 Å². The molecule has 1 amide bonds. The molecule has 0 aliphatic heterocycles. The van der Waals surface area contributed by atoms with E-state index in [4.69, 9.17) is 0 Å². The summed E-state index contributed by atoms with van der Waals surface area (Å²) in [6, 6.07) is 19.3. The quantitative estimate of drug-likeness (QED) is 0.460. The Morgan fingerprint density at radius 1 is 0.815 bits per heavy atom. The van der Waals surface area contributed by atoms with Gasteiger partial charge in [-0.3, -0.25) is 9.59 Å².